The molecule has 0 bridgehead atoms. The maximum absolute atomic E-state index is 11.5. The van der Waals surface area contributed by atoms with E-state index >= 15 is 0 Å². The van der Waals surface area contributed by atoms with Crippen LogP contribution in [0.5, 0.6) is 0 Å². The summed E-state index contributed by atoms with van der Waals surface area (Å²) in [6, 6.07) is 6.07. The van der Waals surface area contributed by atoms with Gasteiger partial charge in [-0.05, 0) is 31.5 Å². The molecule has 0 aliphatic rings. The lowest BCUT2D eigenvalue weighted by Crippen LogP contribution is -2.04. The summed E-state index contributed by atoms with van der Waals surface area (Å²) in [5.74, 6) is -0.303. The number of nitrogens with one attached hydrogen (secondary N) is 1. The van der Waals surface area contributed by atoms with E-state index in [2.05, 4.69) is 20.5 Å². The van der Waals surface area contributed by atoms with Crippen LogP contribution in [0.25, 0.3) is 11.0 Å². The molecule has 114 valence electrons. The van der Waals surface area contributed by atoms with Gasteiger partial charge in [-0.25, -0.2) is 9.78 Å². The number of benzene rings is 1. The number of nitrogens with zero attached hydrogens (tertiary/aromatic N) is 4. The summed E-state index contributed by atoms with van der Waals surface area (Å²) < 4.78 is 11.9. The van der Waals surface area contributed by atoms with Crippen LogP contribution in [0.1, 0.15) is 23.2 Å². The smallest absolute Gasteiger partial charge is 0.396 e. The Morgan fingerprint density at radius 1 is 1.41 bits per heavy atom. The van der Waals surface area contributed by atoms with Gasteiger partial charge in [0.15, 0.2) is 0 Å². The second-order valence-corrected chi connectivity index (χ2v) is 4.74. The molecule has 0 fully saturated rings. The summed E-state index contributed by atoms with van der Waals surface area (Å²) >= 11 is 0. The third-order valence-electron chi connectivity index (χ3n) is 3.13. The van der Waals surface area contributed by atoms with Gasteiger partial charge < -0.3 is 13.7 Å². The molecule has 22 heavy (non-hydrogen) atoms. The summed E-state index contributed by atoms with van der Waals surface area (Å²) in [5, 5.41) is 10.3. The van der Waals surface area contributed by atoms with E-state index < -0.39 is 5.97 Å². The largest absolute Gasteiger partial charge is 0.459 e. The third kappa shape index (κ3) is 2.50. The van der Waals surface area contributed by atoms with Gasteiger partial charge in [0.1, 0.15) is 0 Å². The molecule has 0 saturated heterocycles. The summed E-state index contributed by atoms with van der Waals surface area (Å²) in [4.78, 5) is 16.0. The Kier molecular flexibility index (Phi) is 3.50. The van der Waals surface area contributed by atoms with Gasteiger partial charge in [0.25, 0.3) is 0 Å². The predicted molar refractivity (Wildman–Crippen MR) is 79.0 cm³/mol. The number of aryl methyl sites for hydroxylation is 2. The molecule has 8 nitrogen and oxygen atoms in total. The van der Waals surface area contributed by atoms with Crippen molar-refractivity contribution >= 4 is 29.0 Å². The van der Waals surface area contributed by atoms with Gasteiger partial charge in [-0.1, -0.05) is 16.3 Å². The van der Waals surface area contributed by atoms with Crippen LogP contribution in [0.15, 0.2) is 22.6 Å². The summed E-state index contributed by atoms with van der Waals surface area (Å²) in [6.07, 6.45) is 0. The fourth-order valence-corrected chi connectivity index (χ4v) is 2.07. The fourth-order valence-electron chi connectivity index (χ4n) is 2.07. The number of fused-ring (bicyclic) bond motifs is 1. The molecule has 0 unspecified atom stereocenters. The van der Waals surface area contributed by atoms with Crippen LogP contribution in [-0.4, -0.2) is 32.3 Å². The van der Waals surface area contributed by atoms with Crippen molar-refractivity contribution in [3.8, 4) is 0 Å². The molecule has 8 heteroatoms. The molecular formula is C14H15N5O3. The average Bonchev–Trinajstić information content (AvgIpc) is 3.06. The van der Waals surface area contributed by atoms with E-state index in [0.29, 0.717) is 5.95 Å². The highest BCUT2D eigenvalue weighted by atomic mass is 16.5. The van der Waals surface area contributed by atoms with Gasteiger partial charge in [0, 0.05) is 7.05 Å². The Labute approximate surface area is 126 Å². The molecule has 0 atom stereocenters. The van der Waals surface area contributed by atoms with Gasteiger partial charge >= 0.3 is 17.9 Å². The minimum Gasteiger partial charge on any atom is -0.459 e. The van der Waals surface area contributed by atoms with E-state index in [-0.39, 0.29) is 18.5 Å². The van der Waals surface area contributed by atoms with Crippen molar-refractivity contribution in [1.82, 2.24) is 19.7 Å². The number of aromatic nitrogens is 4. The lowest BCUT2D eigenvalue weighted by atomic mass is 10.2. The van der Waals surface area contributed by atoms with Crippen molar-refractivity contribution in [2.75, 3.05) is 11.9 Å². The zero-order valence-corrected chi connectivity index (χ0v) is 12.5. The highest BCUT2D eigenvalue weighted by Gasteiger charge is 2.17. The topological polar surface area (TPSA) is 95.1 Å². The highest BCUT2D eigenvalue weighted by Crippen LogP contribution is 2.21. The van der Waals surface area contributed by atoms with Gasteiger partial charge in [0.2, 0.25) is 5.95 Å². The number of hydrogen-bond donors (Lipinski definition) is 1. The molecular weight excluding hydrogens is 286 g/mol. The Morgan fingerprint density at radius 3 is 3.00 bits per heavy atom. The average molecular weight is 301 g/mol. The minimum absolute atomic E-state index is 0.0816. The third-order valence-corrected chi connectivity index (χ3v) is 3.13. The van der Waals surface area contributed by atoms with E-state index in [1.165, 1.54) is 0 Å². The lowest BCUT2D eigenvalue weighted by Gasteiger charge is -2.01. The van der Waals surface area contributed by atoms with E-state index in [4.69, 9.17) is 9.15 Å². The molecule has 0 aliphatic carbocycles. The maximum Gasteiger partial charge on any atom is 0.396 e. The van der Waals surface area contributed by atoms with E-state index in [0.717, 1.165) is 16.6 Å². The standard InChI is InChI=1S/C14H15N5O3/c1-4-21-12(20)11-17-18-14(22-11)16-13-15-9-7-8(2)5-6-10(9)19(13)3/h5-7H,4H2,1-3H3,(H,15,16,18). The van der Waals surface area contributed by atoms with Crippen molar-refractivity contribution < 1.29 is 13.9 Å². The van der Waals surface area contributed by atoms with Gasteiger partial charge in [-0.15, -0.1) is 0 Å². The highest BCUT2D eigenvalue weighted by molar-refractivity contribution is 5.84. The fraction of sp³-hybridized carbons (Fsp3) is 0.286. The quantitative estimate of drug-likeness (QED) is 0.738. The number of ether oxygens (including phenoxy) is 1. The Balaban J connectivity index is 1.87. The van der Waals surface area contributed by atoms with Crippen molar-refractivity contribution in [1.29, 1.82) is 0 Å². The number of carbonyl (C=O) groups is 1. The van der Waals surface area contributed by atoms with Crippen LogP contribution in [0.3, 0.4) is 0 Å². The number of anilines is 2. The Hall–Kier alpha value is -2.90. The predicted octanol–water partition coefficient (Wildman–Crippen LogP) is 2.19. The molecule has 2 aromatic heterocycles. The summed E-state index contributed by atoms with van der Waals surface area (Å²) in [6.45, 7) is 3.95. The van der Waals surface area contributed by atoms with Crippen LogP contribution in [-0.2, 0) is 11.8 Å². The molecule has 3 rings (SSSR count). The first-order valence-corrected chi connectivity index (χ1v) is 6.79. The van der Waals surface area contributed by atoms with E-state index in [1.807, 2.05) is 36.7 Å². The zero-order chi connectivity index (χ0) is 15.7. The summed E-state index contributed by atoms with van der Waals surface area (Å²) in [7, 11) is 1.87. The Bertz CT molecular complexity index is 836. The van der Waals surface area contributed by atoms with Crippen molar-refractivity contribution in [3.63, 3.8) is 0 Å². The van der Waals surface area contributed by atoms with Crippen molar-refractivity contribution in [2.45, 2.75) is 13.8 Å². The first-order valence-electron chi connectivity index (χ1n) is 6.79. The van der Waals surface area contributed by atoms with E-state index in [1.54, 1.807) is 6.92 Å². The molecule has 0 spiro atoms. The van der Waals surface area contributed by atoms with Crippen molar-refractivity contribution in [2.24, 2.45) is 7.05 Å². The molecule has 2 heterocycles. The number of imidazole rings is 1. The first kappa shape index (κ1) is 14.1. The van der Waals surface area contributed by atoms with Crippen molar-refractivity contribution in [3.05, 3.63) is 29.7 Å². The van der Waals surface area contributed by atoms with Gasteiger partial charge in [-0.3, -0.25) is 5.32 Å². The molecule has 3 aromatic rings. The molecule has 0 radical (unpaired) electrons. The van der Waals surface area contributed by atoms with Crippen LogP contribution >= 0.6 is 0 Å². The second-order valence-electron chi connectivity index (χ2n) is 4.74. The summed E-state index contributed by atoms with van der Waals surface area (Å²) in [5.41, 5.74) is 2.95. The molecule has 0 saturated carbocycles. The second kappa shape index (κ2) is 5.47. The first-order chi connectivity index (χ1) is 10.6. The van der Waals surface area contributed by atoms with Gasteiger partial charge in [0.05, 0.1) is 17.6 Å². The van der Waals surface area contributed by atoms with Crippen LogP contribution < -0.4 is 5.32 Å². The number of rotatable bonds is 4. The monoisotopic (exact) mass is 301 g/mol. The van der Waals surface area contributed by atoms with E-state index in [9.17, 15) is 4.79 Å². The van der Waals surface area contributed by atoms with Crippen LogP contribution in [0.2, 0.25) is 0 Å². The number of esters is 1. The lowest BCUT2D eigenvalue weighted by molar-refractivity contribution is 0.0481. The van der Waals surface area contributed by atoms with Crippen LogP contribution in [0.4, 0.5) is 12.0 Å². The molecule has 1 aromatic carbocycles. The number of hydrogen-bond acceptors (Lipinski definition) is 7. The SMILES string of the molecule is CCOC(=O)c1nnc(Nc2nc3cc(C)ccc3n2C)o1. The Morgan fingerprint density at radius 2 is 2.23 bits per heavy atom. The number of carbonyl (C=O) groups excluding carboxylic acids is 1. The molecule has 0 amide bonds. The molecule has 1 N–H and O–H groups in total. The normalized spacial score (nSPS) is 10.9. The van der Waals surface area contributed by atoms with Gasteiger partial charge in [-0.2, -0.15) is 0 Å². The zero-order valence-electron chi connectivity index (χ0n) is 12.5. The maximum atomic E-state index is 11.5. The minimum atomic E-state index is -0.649. The van der Waals surface area contributed by atoms with Crippen LogP contribution in [0, 0.1) is 6.92 Å². The molecule has 0 aliphatic heterocycles.